The third-order valence-corrected chi connectivity index (χ3v) is 4.42. The van der Waals surface area contributed by atoms with Gasteiger partial charge in [-0.15, -0.1) is 0 Å². The summed E-state index contributed by atoms with van der Waals surface area (Å²) in [5.74, 6) is 0. The molecule has 0 saturated carbocycles. The third-order valence-electron chi connectivity index (χ3n) is 4.42. The molecule has 0 N–H and O–H groups in total. The number of allylic oxidation sites excluding steroid dienone is 2. The Hall–Kier alpha value is -4.09. The van der Waals surface area contributed by atoms with E-state index in [9.17, 15) is 15.3 Å². The molecule has 0 bridgehead atoms. The minimum atomic E-state index is -0.249. The average Bonchev–Trinajstić information content (AvgIpc) is 2.84. The summed E-state index contributed by atoms with van der Waals surface area (Å²) in [5.41, 5.74) is 3.47. The zero-order valence-electron chi connectivity index (χ0n) is 14.3. The van der Waals surface area contributed by atoms with Gasteiger partial charge in [0.1, 0.15) is 0 Å². The van der Waals surface area contributed by atoms with Gasteiger partial charge in [0.15, 0.2) is 0 Å². The number of hydrogen-bond acceptors (Lipinski definition) is 3. The van der Waals surface area contributed by atoms with Gasteiger partial charge < -0.3 is 0 Å². The first-order chi connectivity index (χ1) is 13.2. The monoisotopic (exact) mass is 350 g/mol. The quantitative estimate of drug-likeness (QED) is 0.705. The van der Waals surface area contributed by atoms with E-state index in [0.717, 1.165) is 17.8 Å². The van der Waals surface area contributed by atoms with Crippen LogP contribution in [0.4, 0.5) is 0 Å². The fourth-order valence-electron chi connectivity index (χ4n) is 3.22. The number of benzene rings is 2. The molecule has 0 radical (unpaired) electrons. The predicted molar refractivity (Wildman–Crippen MR) is 103 cm³/mol. The summed E-state index contributed by atoms with van der Waals surface area (Å²) in [6.07, 6.45) is 8.57. The number of fused-ring (bicyclic) bond motifs is 1. The zero-order valence-corrected chi connectivity index (χ0v) is 14.3. The molecule has 0 saturated heterocycles. The largest absolute Gasteiger partial charge is 0.338 e. The molecule has 0 fully saturated rings. The summed E-state index contributed by atoms with van der Waals surface area (Å²) in [6, 6.07) is 18.2. The molecule has 0 aliphatic heterocycles. The highest BCUT2D eigenvalue weighted by Gasteiger charge is 2.20. The summed E-state index contributed by atoms with van der Waals surface area (Å²) in [7, 11) is 0. The fourth-order valence-corrected chi connectivity index (χ4v) is 3.22. The van der Waals surface area contributed by atoms with E-state index in [1.54, 1.807) is 57.7 Å². The van der Waals surface area contributed by atoms with E-state index < -0.39 is 0 Å². The Morgan fingerprint density at radius 2 is 1.26 bits per heavy atom. The van der Waals surface area contributed by atoms with E-state index in [1.807, 2.05) is 24.3 Å². The molecule has 2 aromatic carbocycles. The summed E-state index contributed by atoms with van der Waals surface area (Å²) in [5, 5.41) is 18.4. The van der Waals surface area contributed by atoms with Crippen LogP contribution in [0.25, 0.3) is 23.5 Å². The van der Waals surface area contributed by atoms with Crippen LogP contribution in [0.5, 0.6) is 0 Å². The molecule has 4 rings (SSSR count). The second-order valence-electron chi connectivity index (χ2n) is 6.09. The van der Waals surface area contributed by atoms with Crippen LogP contribution in [0.2, 0.25) is 0 Å². The van der Waals surface area contributed by atoms with E-state index in [-0.39, 0.29) is 5.69 Å². The van der Waals surface area contributed by atoms with Gasteiger partial charge in [-0.1, -0.05) is 24.3 Å². The summed E-state index contributed by atoms with van der Waals surface area (Å²) < 4.78 is 3.20. The number of nitrogens with zero attached hydrogens (tertiary/aromatic N) is 4. The molecule has 5 heteroatoms. The number of imidazole rings is 1. The molecule has 128 valence electrons. The molecule has 0 spiro atoms. The van der Waals surface area contributed by atoms with E-state index >= 15 is 0 Å². The van der Waals surface area contributed by atoms with Crippen LogP contribution in [-0.2, 0) is 0 Å². The maximum Gasteiger partial charge on any atom is 0.338 e. The van der Waals surface area contributed by atoms with Gasteiger partial charge in [0, 0.05) is 0 Å². The first-order valence-corrected chi connectivity index (χ1v) is 8.45. The molecule has 1 aliphatic carbocycles. The lowest BCUT2D eigenvalue weighted by molar-refractivity contribution is 0.901. The number of nitriles is 2. The molecular formula is C22H14N4O. The third kappa shape index (κ3) is 2.78. The number of rotatable bonds is 2. The van der Waals surface area contributed by atoms with Crippen molar-refractivity contribution in [3.63, 3.8) is 0 Å². The lowest BCUT2D eigenvalue weighted by atomic mass is 10.2. The molecular weight excluding hydrogens is 336 g/mol. The molecule has 0 unspecified atom stereocenters. The van der Waals surface area contributed by atoms with Crippen LogP contribution in [-0.4, -0.2) is 9.13 Å². The minimum Gasteiger partial charge on any atom is -0.260 e. The average molecular weight is 350 g/mol. The van der Waals surface area contributed by atoms with Gasteiger partial charge >= 0.3 is 5.69 Å². The first-order valence-electron chi connectivity index (χ1n) is 8.45. The Balaban J connectivity index is 2.06. The maximum atomic E-state index is 13.4. The van der Waals surface area contributed by atoms with Gasteiger partial charge in [0.25, 0.3) is 0 Å². The SMILES string of the molecule is N#Cc1cccc(-n2c3c(n(-c4cccc(C#N)c4)c2=O)C=CCC=C3)c1. The molecule has 0 amide bonds. The van der Waals surface area contributed by atoms with Gasteiger partial charge in [-0.3, -0.25) is 9.13 Å². The topological polar surface area (TPSA) is 74.5 Å². The Kier molecular flexibility index (Phi) is 4.04. The van der Waals surface area contributed by atoms with Gasteiger partial charge in [0.05, 0.1) is 46.0 Å². The van der Waals surface area contributed by atoms with Crippen molar-refractivity contribution >= 4 is 12.2 Å². The van der Waals surface area contributed by atoms with Crippen LogP contribution >= 0.6 is 0 Å². The highest BCUT2D eigenvalue weighted by molar-refractivity contribution is 5.67. The first kappa shape index (κ1) is 16.4. The Labute approximate surface area is 156 Å². The maximum absolute atomic E-state index is 13.4. The molecule has 1 heterocycles. The Bertz CT molecular complexity index is 1150. The van der Waals surface area contributed by atoms with E-state index in [1.165, 1.54) is 0 Å². The lowest BCUT2D eigenvalue weighted by Crippen LogP contribution is -2.23. The van der Waals surface area contributed by atoms with E-state index in [4.69, 9.17) is 0 Å². The molecule has 5 nitrogen and oxygen atoms in total. The predicted octanol–water partition coefficient (Wildman–Crippen LogP) is 3.80. The van der Waals surface area contributed by atoms with Gasteiger partial charge in [-0.05, 0) is 55.0 Å². The normalized spacial score (nSPS) is 12.1. The van der Waals surface area contributed by atoms with Crippen molar-refractivity contribution < 1.29 is 0 Å². The highest BCUT2D eigenvalue weighted by Crippen LogP contribution is 2.24. The Morgan fingerprint density at radius 1 is 0.778 bits per heavy atom. The smallest absolute Gasteiger partial charge is 0.260 e. The van der Waals surface area contributed by atoms with E-state index in [2.05, 4.69) is 12.1 Å². The summed E-state index contributed by atoms with van der Waals surface area (Å²) in [4.78, 5) is 13.4. The van der Waals surface area contributed by atoms with Crippen LogP contribution in [0.3, 0.4) is 0 Å². The van der Waals surface area contributed by atoms with E-state index in [0.29, 0.717) is 22.5 Å². The standard InChI is InChI=1S/C22H14N4O/c23-14-16-6-4-8-18(12-16)25-20-10-2-1-3-11-21(20)26(22(25)27)19-9-5-7-17(13-19)15-24/h2-13H,1H2. The lowest BCUT2D eigenvalue weighted by Gasteiger charge is -2.05. The fraction of sp³-hybridized carbons (Fsp3) is 0.0455. The molecule has 3 aromatic rings. The van der Waals surface area contributed by atoms with Crippen molar-refractivity contribution in [1.82, 2.24) is 9.13 Å². The molecule has 1 aliphatic rings. The van der Waals surface area contributed by atoms with Gasteiger partial charge in [-0.2, -0.15) is 10.5 Å². The molecule has 27 heavy (non-hydrogen) atoms. The molecule has 1 aromatic heterocycles. The van der Waals surface area contributed by atoms with Crippen LogP contribution in [0.1, 0.15) is 28.9 Å². The second kappa shape index (κ2) is 6.67. The van der Waals surface area contributed by atoms with Crippen LogP contribution in [0.15, 0.2) is 65.5 Å². The van der Waals surface area contributed by atoms with Crippen molar-refractivity contribution in [2.24, 2.45) is 0 Å². The van der Waals surface area contributed by atoms with Crippen molar-refractivity contribution in [2.45, 2.75) is 6.42 Å². The van der Waals surface area contributed by atoms with Crippen molar-refractivity contribution in [3.05, 3.63) is 93.7 Å². The summed E-state index contributed by atoms with van der Waals surface area (Å²) in [6.45, 7) is 0. The van der Waals surface area contributed by atoms with Crippen LogP contribution in [0, 0.1) is 22.7 Å². The second-order valence-corrected chi connectivity index (χ2v) is 6.09. The summed E-state index contributed by atoms with van der Waals surface area (Å²) >= 11 is 0. The van der Waals surface area contributed by atoms with Crippen LogP contribution < -0.4 is 5.69 Å². The van der Waals surface area contributed by atoms with Gasteiger partial charge in [-0.25, -0.2) is 4.79 Å². The van der Waals surface area contributed by atoms with Gasteiger partial charge in [0.2, 0.25) is 0 Å². The van der Waals surface area contributed by atoms with Crippen molar-refractivity contribution in [2.75, 3.05) is 0 Å². The van der Waals surface area contributed by atoms with Crippen molar-refractivity contribution in [1.29, 1.82) is 10.5 Å². The number of hydrogen-bond donors (Lipinski definition) is 0. The Morgan fingerprint density at radius 3 is 1.70 bits per heavy atom. The number of aromatic nitrogens is 2. The zero-order chi connectivity index (χ0) is 18.8. The molecule has 0 atom stereocenters. The van der Waals surface area contributed by atoms with Crippen molar-refractivity contribution in [3.8, 4) is 23.5 Å². The highest BCUT2D eigenvalue weighted by atomic mass is 16.1. The minimum absolute atomic E-state index is 0.249.